The molecule has 1 aromatic rings. The minimum atomic E-state index is -0.703. The van der Waals surface area contributed by atoms with Crippen molar-refractivity contribution in [2.75, 3.05) is 6.61 Å². The molecule has 0 aromatic heterocycles. The van der Waals surface area contributed by atoms with E-state index >= 15 is 0 Å². The number of ether oxygens (including phenoxy) is 1. The summed E-state index contributed by atoms with van der Waals surface area (Å²) < 4.78 is 5.33. The molecule has 80 valence electrons. The molecule has 3 nitrogen and oxygen atoms in total. The van der Waals surface area contributed by atoms with Crippen molar-refractivity contribution in [2.45, 2.75) is 26.4 Å². The predicted molar refractivity (Wildman–Crippen MR) is 57.5 cm³/mol. The van der Waals surface area contributed by atoms with Gasteiger partial charge in [-0.3, -0.25) is 0 Å². The monoisotopic (exact) mass is 205 g/mol. The molecule has 1 N–H and O–H groups in total. The Bertz CT molecular complexity index is 368. The van der Waals surface area contributed by atoms with Crippen LogP contribution < -0.4 is 4.74 Å². The van der Waals surface area contributed by atoms with E-state index in [9.17, 15) is 5.11 Å². The molecule has 0 amide bonds. The molecule has 15 heavy (non-hydrogen) atoms. The Kier molecular flexibility index (Phi) is 4.14. The Morgan fingerprint density at radius 2 is 2.27 bits per heavy atom. The zero-order valence-corrected chi connectivity index (χ0v) is 9.03. The number of nitriles is 1. The van der Waals surface area contributed by atoms with Crippen LogP contribution in [0.2, 0.25) is 0 Å². The number of rotatable bonds is 4. The van der Waals surface area contributed by atoms with Gasteiger partial charge in [-0.1, -0.05) is 6.07 Å². The molecular weight excluding hydrogens is 190 g/mol. The summed E-state index contributed by atoms with van der Waals surface area (Å²) in [5, 5.41) is 18.2. The van der Waals surface area contributed by atoms with Crippen molar-refractivity contribution in [3.63, 3.8) is 0 Å². The Balaban J connectivity index is 2.88. The van der Waals surface area contributed by atoms with Gasteiger partial charge in [-0.05, 0) is 37.1 Å². The van der Waals surface area contributed by atoms with Crippen LogP contribution in [0.5, 0.6) is 5.75 Å². The third-order valence-electron chi connectivity index (χ3n) is 2.20. The fourth-order valence-electron chi connectivity index (χ4n) is 1.47. The molecule has 0 aliphatic rings. The second-order valence-electron chi connectivity index (χ2n) is 3.33. The highest BCUT2D eigenvalue weighted by Crippen LogP contribution is 2.24. The molecule has 1 atom stereocenters. The molecule has 0 bridgehead atoms. The first-order chi connectivity index (χ1) is 7.19. The highest BCUT2D eigenvalue weighted by Gasteiger charge is 2.10. The van der Waals surface area contributed by atoms with Crippen molar-refractivity contribution in [2.24, 2.45) is 0 Å². The number of hydrogen-bond acceptors (Lipinski definition) is 3. The molecule has 0 spiro atoms. The standard InChI is InChI=1S/C12H15NO2/c1-3-15-10-4-5-11(9(2)8-10)12(14)6-7-13/h4-5,8,12,14H,3,6H2,1-2H3. The molecular formula is C12H15NO2. The van der Waals surface area contributed by atoms with Crippen LogP contribution in [0.15, 0.2) is 18.2 Å². The van der Waals surface area contributed by atoms with E-state index in [4.69, 9.17) is 10.00 Å². The minimum absolute atomic E-state index is 0.120. The van der Waals surface area contributed by atoms with Gasteiger partial charge in [0.15, 0.2) is 0 Å². The van der Waals surface area contributed by atoms with Crippen LogP contribution in [0.3, 0.4) is 0 Å². The fraction of sp³-hybridized carbons (Fsp3) is 0.417. The van der Waals surface area contributed by atoms with Gasteiger partial charge in [0.1, 0.15) is 5.75 Å². The van der Waals surface area contributed by atoms with E-state index in [1.807, 2.05) is 38.1 Å². The van der Waals surface area contributed by atoms with Gasteiger partial charge in [0.05, 0.1) is 25.2 Å². The van der Waals surface area contributed by atoms with Crippen LogP contribution in [0.25, 0.3) is 0 Å². The van der Waals surface area contributed by atoms with Gasteiger partial charge < -0.3 is 9.84 Å². The topological polar surface area (TPSA) is 53.2 Å². The molecule has 0 aliphatic heterocycles. The zero-order chi connectivity index (χ0) is 11.3. The van der Waals surface area contributed by atoms with Crippen molar-refractivity contribution >= 4 is 0 Å². The molecule has 0 heterocycles. The Morgan fingerprint density at radius 1 is 1.53 bits per heavy atom. The summed E-state index contributed by atoms with van der Waals surface area (Å²) in [5.41, 5.74) is 1.74. The van der Waals surface area contributed by atoms with Crippen molar-refractivity contribution < 1.29 is 9.84 Å². The summed E-state index contributed by atoms with van der Waals surface area (Å²) in [6.45, 7) is 4.45. The van der Waals surface area contributed by atoms with E-state index in [2.05, 4.69) is 0 Å². The molecule has 1 rings (SSSR count). The summed E-state index contributed by atoms with van der Waals surface area (Å²) in [7, 11) is 0. The minimum Gasteiger partial charge on any atom is -0.494 e. The fourth-order valence-corrected chi connectivity index (χ4v) is 1.47. The zero-order valence-electron chi connectivity index (χ0n) is 9.03. The molecule has 3 heteroatoms. The van der Waals surface area contributed by atoms with Crippen molar-refractivity contribution in [1.29, 1.82) is 5.26 Å². The van der Waals surface area contributed by atoms with E-state index in [1.54, 1.807) is 0 Å². The first-order valence-electron chi connectivity index (χ1n) is 4.97. The van der Waals surface area contributed by atoms with Crippen LogP contribution in [0.4, 0.5) is 0 Å². The quantitative estimate of drug-likeness (QED) is 0.820. The maximum atomic E-state index is 9.66. The van der Waals surface area contributed by atoms with E-state index in [0.29, 0.717) is 6.61 Å². The number of nitrogens with zero attached hydrogens (tertiary/aromatic N) is 1. The van der Waals surface area contributed by atoms with Crippen LogP contribution in [-0.4, -0.2) is 11.7 Å². The van der Waals surface area contributed by atoms with Crippen LogP contribution in [-0.2, 0) is 0 Å². The van der Waals surface area contributed by atoms with Gasteiger partial charge in [-0.15, -0.1) is 0 Å². The lowest BCUT2D eigenvalue weighted by Gasteiger charge is -2.12. The van der Waals surface area contributed by atoms with E-state index in [-0.39, 0.29) is 6.42 Å². The summed E-state index contributed by atoms with van der Waals surface area (Å²) in [4.78, 5) is 0. The molecule has 0 saturated heterocycles. The van der Waals surface area contributed by atoms with E-state index < -0.39 is 6.10 Å². The lowest BCUT2D eigenvalue weighted by Crippen LogP contribution is -2.00. The SMILES string of the molecule is CCOc1ccc(C(O)CC#N)c(C)c1. The van der Waals surface area contributed by atoms with Crippen LogP contribution in [0.1, 0.15) is 30.6 Å². The maximum Gasteiger partial charge on any atom is 0.119 e. The van der Waals surface area contributed by atoms with Gasteiger partial charge >= 0.3 is 0 Å². The Labute approximate surface area is 89.9 Å². The smallest absolute Gasteiger partial charge is 0.119 e. The third kappa shape index (κ3) is 2.97. The number of aryl methyl sites for hydroxylation is 1. The second kappa shape index (κ2) is 5.38. The second-order valence-corrected chi connectivity index (χ2v) is 3.33. The van der Waals surface area contributed by atoms with E-state index in [1.165, 1.54) is 0 Å². The van der Waals surface area contributed by atoms with Gasteiger partial charge in [-0.25, -0.2) is 0 Å². The first-order valence-corrected chi connectivity index (χ1v) is 4.97. The lowest BCUT2D eigenvalue weighted by molar-refractivity contribution is 0.182. The highest BCUT2D eigenvalue weighted by molar-refractivity contribution is 5.36. The van der Waals surface area contributed by atoms with Gasteiger partial charge in [0, 0.05) is 0 Å². The largest absolute Gasteiger partial charge is 0.494 e. The third-order valence-corrected chi connectivity index (χ3v) is 2.20. The number of aliphatic hydroxyl groups excluding tert-OH is 1. The Hall–Kier alpha value is -1.53. The molecule has 0 aliphatic carbocycles. The molecule has 0 saturated carbocycles. The average molecular weight is 205 g/mol. The average Bonchev–Trinajstić information content (AvgIpc) is 2.18. The number of hydrogen-bond donors (Lipinski definition) is 1. The van der Waals surface area contributed by atoms with Gasteiger partial charge in [0.25, 0.3) is 0 Å². The lowest BCUT2D eigenvalue weighted by atomic mass is 10.0. The maximum absolute atomic E-state index is 9.66. The molecule has 1 unspecified atom stereocenters. The predicted octanol–water partition coefficient (Wildman–Crippen LogP) is 2.34. The molecule has 0 radical (unpaired) electrons. The summed E-state index contributed by atoms with van der Waals surface area (Å²) in [6.07, 6.45) is -0.583. The van der Waals surface area contributed by atoms with Crippen LogP contribution >= 0.6 is 0 Å². The number of benzene rings is 1. The highest BCUT2D eigenvalue weighted by atomic mass is 16.5. The number of aliphatic hydroxyl groups is 1. The molecule has 0 fully saturated rings. The van der Waals surface area contributed by atoms with Crippen molar-refractivity contribution in [3.05, 3.63) is 29.3 Å². The van der Waals surface area contributed by atoms with E-state index in [0.717, 1.165) is 16.9 Å². The van der Waals surface area contributed by atoms with Crippen LogP contribution in [0, 0.1) is 18.3 Å². The van der Waals surface area contributed by atoms with Crippen molar-refractivity contribution in [1.82, 2.24) is 0 Å². The Morgan fingerprint density at radius 3 is 2.80 bits per heavy atom. The summed E-state index contributed by atoms with van der Waals surface area (Å²) in [6, 6.07) is 7.45. The van der Waals surface area contributed by atoms with Gasteiger partial charge in [-0.2, -0.15) is 5.26 Å². The molecule has 1 aromatic carbocycles. The van der Waals surface area contributed by atoms with Crippen molar-refractivity contribution in [3.8, 4) is 11.8 Å². The normalized spacial score (nSPS) is 11.9. The summed E-state index contributed by atoms with van der Waals surface area (Å²) >= 11 is 0. The summed E-state index contributed by atoms with van der Waals surface area (Å²) in [5.74, 6) is 0.794. The first kappa shape index (κ1) is 11.5. The van der Waals surface area contributed by atoms with Gasteiger partial charge in [0.2, 0.25) is 0 Å².